The molecular formula is C19H27BO3. The second-order valence-corrected chi connectivity index (χ2v) is 8.07. The summed E-state index contributed by atoms with van der Waals surface area (Å²) < 4.78 is 18.2. The van der Waals surface area contributed by atoms with Crippen molar-refractivity contribution in [1.82, 2.24) is 0 Å². The van der Waals surface area contributed by atoms with Crippen LogP contribution < -0.4 is 0 Å². The maximum absolute atomic E-state index is 6.17. The Morgan fingerprint density at radius 3 is 2.17 bits per heavy atom. The van der Waals surface area contributed by atoms with Crippen LogP contribution in [0.2, 0.25) is 6.32 Å². The molecule has 0 aliphatic carbocycles. The van der Waals surface area contributed by atoms with Crippen LogP contribution in [0.15, 0.2) is 36.4 Å². The van der Waals surface area contributed by atoms with Gasteiger partial charge in [0, 0.05) is 5.41 Å². The van der Waals surface area contributed by atoms with E-state index in [1.165, 1.54) is 11.1 Å². The minimum atomic E-state index is -0.282. The molecule has 0 radical (unpaired) electrons. The minimum Gasteiger partial charge on any atom is -0.403 e. The van der Waals surface area contributed by atoms with Gasteiger partial charge in [0.25, 0.3) is 0 Å². The number of ether oxygens (including phenoxy) is 1. The standard InChI is InChI=1S/C19H27BO3/c1-17(2)18(3,4)23-20(22-17)13-19(5)11-16(12-21-14-19)15-9-7-6-8-10-15/h6-11H,12-14H2,1-5H3/t19-/m1/s1. The quantitative estimate of drug-likeness (QED) is 0.783. The first-order valence-corrected chi connectivity index (χ1v) is 8.41. The van der Waals surface area contributed by atoms with E-state index in [9.17, 15) is 0 Å². The normalized spacial score (nSPS) is 29.4. The lowest BCUT2D eigenvalue weighted by Crippen LogP contribution is -2.41. The van der Waals surface area contributed by atoms with Crippen molar-refractivity contribution in [3.63, 3.8) is 0 Å². The minimum absolute atomic E-state index is 0.0788. The second kappa shape index (κ2) is 5.76. The molecule has 1 atom stereocenters. The van der Waals surface area contributed by atoms with E-state index in [0.717, 1.165) is 6.32 Å². The summed E-state index contributed by atoms with van der Waals surface area (Å²) in [5.41, 5.74) is 1.83. The van der Waals surface area contributed by atoms with Crippen LogP contribution in [-0.2, 0) is 14.0 Å². The summed E-state index contributed by atoms with van der Waals surface area (Å²) in [5.74, 6) is 0. The van der Waals surface area contributed by atoms with Crippen molar-refractivity contribution in [3.8, 4) is 0 Å². The topological polar surface area (TPSA) is 27.7 Å². The van der Waals surface area contributed by atoms with E-state index in [2.05, 4.69) is 65.0 Å². The van der Waals surface area contributed by atoms with Gasteiger partial charge in [0.05, 0.1) is 24.4 Å². The van der Waals surface area contributed by atoms with Gasteiger partial charge in [-0.25, -0.2) is 0 Å². The fourth-order valence-corrected chi connectivity index (χ4v) is 3.26. The number of hydrogen-bond donors (Lipinski definition) is 0. The van der Waals surface area contributed by atoms with Crippen molar-refractivity contribution in [2.45, 2.75) is 52.1 Å². The van der Waals surface area contributed by atoms with Gasteiger partial charge in [0.1, 0.15) is 0 Å². The Labute approximate surface area is 140 Å². The average Bonchev–Trinajstić information content (AvgIpc) is 2.66. The third kappa shape index (κ3) is 3.40. The van der Waals surface area contributed by atoms with Gasteiger partial charge < -0.3 is 14.0 Å². The van der Waals surface area contributed by atoms with Crippen LogP contribution in [0, 0.1) is 5.41 Å². The van der Waals surface area contributed by atoms with Crippen molar-refractivity contribution in [1.29, 1.82) is 0 Å². The van der Waals surface area contributed by atoms with E-state index < -0.39 is 0 Å². The highest BCUT2D eigenvalue weighted by Gasteiger charge is 2.52. The molecule has 0 unspecified atom stereocenters. The fourth-order valence-electron chi connectivity index (χ4n) is 3.26. The van der Waals surface area contributed by atoms with Gasteiger partial charge in [0.15, 0.2) is 0 Å². The summed E-state index contributed by atoms with van der Waals surface area (Å²) in [7, 11) is -0.194. The van der Waals surface area contributed by atoms with Gasteiger partial charge >= 0.3 is 7.12 Å². The van der Waals surface area contributed by atoms with Gasteiger partial charge in [-0.2, -0.15) is 0 Å². The van der Waals surface area contributed by atoms with Gasteiger partial charge in [-0.15, -0.1) is 0 Å². The molecule has 0 N–H and O–H groups in total. The van der Waals surface area contributed by atoms with Gasteiger partial charge in [-0.05, 0) is 45.2 Å². The number of benzene rings is 1. The van der Waals surface area contributed by atoms with E-state index in [4.69, 9.17) is 14.0 Å². The van der Waals surface area contributed by atoms with Crippen LogP contribution in [0.1, 0.15) is 40.2 Å². The summed E-state index contributed by atoms with van der Waals surface area (Å²) in [5, 5.41) is 0. The van der Waals surface area contributed by atoms with E-state index in [1.807, 2.05) is 6.07 Å². The fraction of sp³-hybridized carbons (Fsp3) is 0.579. The van der Waals surface area contributed by atoms with Crippen molar-refractivity contribution in [2.75, 3.05) is 13.2 Å². The second-order valence-electron chi connectivity index (χ2n) is 8.07. The largest absolute Gasteiger partial charge is 0.458 e. The third-order valence-electron chi connectivity index (χ3n) is 5.29. The highest BCUT2D eigenvalue weighted by molar-refractivity contribution is 6.45. The number of rotatable bonds is 3. The van der Waals surface area contributed by atoms with Crippen LogP contribution >= 0.6 is 0 Å². The molecule has 3 rings (SSSR count). The molecule has 23 heavy (non-hydrogen) atoms. The molecule has 1 saturated heterocycles. The maximum Gasteiger partial charge on any atom is 0.458 e. The van der Waals surface area contributed by atoms with E-state index in [0.29, 0.717) is 13.2 Å². The van der Waals surface area contributed by atoms with E-state index in [1.54, 1.807) is 0 Å². The monoisotopic (exact) mass is 314 g/mol. The Morgan fingerprint density at radius 2 is 1.57 bits per heavy atom. The van der Waals surface area contributed by atoms with Gasteiger partial charge in [0.2, 0.25) is 0 Å². The molecule has 4 heteroatoms. The molecule has 124 valence electrons. The van der Waals surface area contributed by atoms with Crippen LogP contribution in [0.25, 0.3) is 5.57 Å². The van der Waals surface area contributed by atoms with Crippen molar-refractivity contribution < 1.29 is 14.0 Å². The summed E-state index contributed by atoms with van der Waals surface area (Å²) >= 11 is 0. The molecule has 1 aromatic rings. The average molecular weight is 314 g/mol. The summed E-state index contributed by atoms with van der Waals surface area (Å²) in [6.45, 7) is 12.0. The molecule has 2 heterocycles. The smallest absolute Gasteiger partial charge is 0.403 e. The zero-order valence-electron chi connectivity index (χ0n) is 14.9. The summed E-state index contributed by atoms with van der Waals surface area (Å²) in [4.78, 5) is 0. The third-order valence-corrected chi connectivity index (χ3v) is 5.29. The lowest BCUT2D eigenvalue weighted by atomic mass is 9.67. The maximum atomic E-state index is 6.17. The molecule has 2 aliphatic heterocycles. The molecule has 0 spiro atoms. The Kier molecular flexibility index (Phi) is 4.20. The Balaban J connectivity index is 1.77. The Morgan fingerprint density at radius 1 is 0.957 bits per heavy atom. The van der Waals surface area contributed by atoms with Gasteiger partial charge in [-0.3, -0.25) is 0 Å². The van der Waals surface area contributed by atoms with E-state index >= 15 is 0 Å². The molecule has 0 amide bonds. The molecular weight excluding hydrogens is 287 g/mol. The highest BCUT2D eigenvalue weighted by Crippen LogP contribution is 2.42. The SMILES string of the molecule is CC1(C)OB(C[C@@]2(C)C=C(c3ccccc3)COC2)OC1(C)C. The Hall–Kier alpha value is -1.10. The first-order valence-electron chi connectivity index (χ1n) is 8.41. The zero-order chi connectivity index (χ0) is 16.7. The zero-order valence-corrected chi connectivity index (χ0v) is 14.9. The lowest BCUT2D eigenvalue weighted by Gasteiger charge is -2.32. The molecule has 0 aromatic heterocycles. The summed E-state index contributed by atoms with van der Waals surface area (Å²) in [6.07, 6.45) is 3.15. The van der Waals surface area contributed by atoms with Crippen LogP contribution in [-0.4, -0.2) is 31.5 Å². The lowest BCUT2D eigenvalue weighted by molar-refractivity contribution is 0.00578. The van der Waals surface area contributed by atoms with Crippen molar-refractivity contribution >= 4 is 12.7 Å². The summed E-state index contributed by atoms with van der Waals surface area (Å²) in [6, 6.07) is 10.4. The number of hydrogen-bond acceptors (Lipinski definition) is 3. The molecule has 1 aromatic carbocycles. The predicted octanol–water partition coefficient (Wildman–Crippen LogP) is 4.20. The first kappa shape index (κ1) is 16.8. The molecule has 3 nitrogen and oxygen atoms in total. The van der Waals surface area contributed by atoms with Crippen LogP contribution in [0.5, 0.6) is 0 Å². The van der Waals surface area contributed by atoms with Crippen LogP contribution in [0.3, 0.4) is 0 Å². The molecule has 1 fully saturated rings. The molecule has 0 bridgehead atoms. The van der Waals surface area contributed by atoms with Crippen LogP contribution in [0.4, 0.5) is 0 Å². The first-order chi connectivity index (χ1) is 10.7. The highest BCUT2D eigenvalue weighted by atomic mass is 16.7. The molecule has 0 saturated carbocycles. The Bertz CT molecular complexity index is 578. The van der Waals surface area contributed by atoms with Crippen molar-refractivity contribution in [2.24, 2.45) is 5.41 Å². The van der Waals surface area contributed by atoms with Gasteiger partial charge in [-0.1, -0.05) is 43.3 Å². The van der Waals surface area contributed by atoms with E-state index in [-0.39, 0.29) is 23.7 Å². The predicted molar refractivity (Wildman–Crippen MR) is 94.2 cm³/mol. The van der Waals surface area contributed by atoms with Crippen molar-refractivity contribution in [3.05, 3.63) is 42.0 Å². The molecule has 2 aliphatic rings.